The van der Waals surface area contributed by atoms with Gasteiger partial charge in [0.1, 0.15) is 5.82 Å². The highest BCUT2D eigenvalue weighted by Gasteiger charge is 2.26. The molecule has 1 heterocycles. The molecule has 0 amide bonds. The van der Waals surface area contributed by atoms with E-state index in [1.165, 1.54) is 32.1 Å². The Hall–Kier alpha value is -1.29. The van der Waals surface area contributed by atoms with E-state index in [0.717, 1.165) is 12.2 Å². The Bertz CT molecular complexity index is 358. The van der Waals surface area contributed by atoms with Crippen molar-refractivity contribution in [1.29, 1.82) is 0 Å². The topological polar surface area (TPSA) is 63.0 Å². The highest BCUT2D eigenvalue weighted by molar-refractivity contribution is 5.51. The van der Waals surface area contributed by atoms with Gasteiger partial charge < -0.3 is 10.7 Å². The molecule has 1 saturated carbocycles. The van der Waals surface area contributed by atoms with Crippen LogP contribution in [0.1, 0.15) is 39.0 Å². The molecular formula is C13H22N4. The lowest BCUT2D eigenvalue weighted by atomic mass is 9.76. The lowest BCUT2D eigenvalue weighted by Gasteiger charge is -2.34. The van der Waals surface area contributed by atoms with Crippen LogP contribution in [0.4, 0.5) is 11.5 Å². The first-order chi connectivity index (χ1) is 8.22. The first kappa shape index (κ1) is 12.2. The predicted molar refractivity (Wildman–Crippen MR) is 71.7 cm³/mol. The van der Waals surface area contributed by atoms with Crippen molar-refractivity contribution >= 4 is 11.5 Å². The molecule has 4 N–H and O–H groups in total. The van der Waals surface area contributed by atoms with Crippen LogP contribution in [0.2, 0.25) is 0 Å². The molecule has 0 saturated heterocycles. The second kappa shape index (κ2) is 5.36. The molecule has 0 bridgehead atoms. The van der Waals surface area contributed by atoms with Gasteiger partial charge in [0, 0.05) is 24.5 Å². The first-order valence-electron chi connectivity index (χ1n) is 6.38. The Balaban J connectivity index is 1.92. The molecule has 1 aromatic rings. The maximum absolute atomic E-state index is 5.34. The Morgan fingerprint density at radius 3 is 2.82 bits per heavy atom. The van der Waals surface area contributed by atoms with Gasteiger partial charge in [0.15, 0.2) is 0 Å². The quantitative estimate of drug-likeness (QED) is 0.553. The SMILES string of the molecule is CC1(CNc2ccnc(NN)c2)CCCCC1. The first-order valence-corrected chi connectivity index (χ1v) is 6.38. The van der Waals surface area contributed by atoms with Crippen LogP contribution >= 0.6 is 0 Å². The van der Waals surface area contributed by atoms with E-state index in [9.17, 15) is 0 Å². The molecule has 1 aliphatic rings. The standard InChI is InChI=1S/C13H22N4/c1-13(6-3-2-4-7-13)10-16-11-5-8-15-12(9-11)17-14/h5,8-9H,2-4,6-7,10,14H2,1H3,(H2,15,16,17). The monoisotopic (exact) mass is 234 g/mol. The van der Waals surface area contributed by atoms with Gasteiger partial charge >= 0.3 is 0 Å². The van der Waals surface area contributed by atoms with Crippen LogP contribution in [0.5, 0.6) is 0 Å². The van der Waals surface area contributed by atoms with Gasteiger partial charge in [0.2, 0.25) is 0 Å². The molecule has 0 spiro atoms. The van der Waals surface area contributed by atoms with E-state index >= 15 is 0 Å². The molecule has 4 heteroatoms. The van der Waals surface area contributed by atoms with Crippen molar-refractivity contribution in [2.45, 2.75) is 39.0 Å². The number of hydrazine groups is 1. The fourth-order valence-electron chi connectivity index (χ4n) is 2.52. The van der Waals surface area contributed by atoms with E-state index in [4.69, 9.17) is 5.84 Å². The van der Waals surface area contributed by atoms with Crippen LogP contribution in [0.15, 0.2) is 18.3 Å². The summed E-state index contributed by atoms with van der Waals surface area (Å²) in [5.74, 6) is 6.04. The Labute approximate surface area is 103 Å². The van der Waals surface area contributed by atoms with Crippen molar-refractivity contribution in [3.8, 4) is 0 Å². The van der Waals surface area contributed by atoms with E-state index in [2.05, 4.69) is 22.7 Å². The second-order valence-corrected chi connectivity index (χ2v) is 5.30. The second-order valence-electron chi connectivity index (χ2n) is 5.30. The molecule has 0 aromatic carbocycles. The third-order valence-corrected chi connectivity index (χ3v) is 3.69. The summed E-state index contributed by atoms with van der Waals surface area (Å²) >= 11 is 0. The summed E-state index contributed by atoms with van der Waals surface area (Å²) in [5, 5.41) is 3.49. The van der Waals surface area contributed by atoms with Crippen molar-refractivity contribution in [3.05, 3.63) is 18.3 Å². The predicted octanol–water partition coefficient (Wildman–Crippen LogP) is 2.75. The van der Waals surface area contributed by atoms with Crippen molar-refractivity contribution in [1.82, 2.24) is 4.98 Å². The lowest BCUT2D eigenvalue weighted by molar-refractivity contribution is 0.233. The van der Waals surface area contributed by atoms with Gasteiger partial charge in [-0.2, -0.15) is 0 Å². The van der Waals surface area contributed by atoms with Crippen molar-refractivity contribution in [2.24, 2.45) is 11.3 Å². The lowest BCUT2D eigenvalue weighted by Crippen LogP contribution is -2.28. The maximum Gasteiger partial charge on any atom is 0.141 e. The van der Waals surface area contributed by atoms with Gasteiger partial charge in [-0.25, -0.2) is 10.8 Å². The van der Waals surface area contributed by atoms with Gasteiger partial charge in [-0.05, 0) is 24.3 Å². The average molecular weight is 234 g/mol. The largest absolute Gasteiger partial charge is 0.384 e. The summed E-state index contributed by atoms with van der Waals surface area (Å²) in [7, 11) is 0. The number of nitrogen functional groups attached to an aromatic ring is 1. The molecule has 0 aliphatic heterocycles. The van der Waals surface area contributed by atoms with E-state index in [0.29, 0.717) is 11.2 Å². The molecule has 1 aliphatic carbocycles. The van der Waals surface area contributed by atoms with Crippen LogP contribution in [-0.2, 0) is 0 Å². The third kappa shape index (κ3) is 3.33. The maximum atomic E-state index is 5.34. The number of nitrogens with zero attached hydrogens (tertiary/aromatic N) is 1. The van der Waals surface area contributed by atoms with E-state index in [1.807, 2.05) is 12.1 Å². The Kier molecular flexibility index (Phi) is 3.84. The number of hydrogen-bond acceptors (Lipinski definition) is 4. The molecule has 0 atom stereocenters. The zero-order valence-electron chi connectivity index (χ0n) is 10.5. The number of anilines is 2. The summed E-state index contributed by atoms with van der Waals surface area (Å²) in [6.45, 7) is 3.41. The van der Waals surface area contributed by atoms with Gasteiger partial charge in [0.05, 0.1) is 0 Å². The summed E-state index contributed by atoms with van der Waals surface area (Å²) in [6, 6.07) is 3.92. The molecule has 2 rings (SSSR count). The molecule has 1 aromatic heterocycles. The van der Waals surface area contributed by atoms with Gasteiger partial charge in [-0.15, -0.1) is 0 Å². The van der Waals surface area contributed by atoms with E-state index in [1.54, 1.807) is 6.20 Å². The molecule has 1 fully saturated rings. The molecule has 0 radical (unpaired) electrons. The normalized spacial score (nSPS) is 18.7. The number of hydrogen-bond donors (Lipinski definition) is 3. The van der Waals surface area contributed by atoms with Crippen molar-refractivity contribution < 1.29 is 0 Å². The van der Waals surface area contributed by atoms with Crippen LogP contribution in [0.3, 0.4) is 0 Å². The van der Waals surface area contributed by atoms with Crippen LogP contribution in [0, 0.1) is 5.41 Å². The van der Waals surface area contributed by atoms with E-state index in [-0.39, 0.29) is 0 Å². The molecular weight excluding hydrogens is 212 g/mol. The molecule has 17 heavy (non-hydrogen) atoms. The van der Waals surface area contributed by atoms with Gasteiger partial charge in [-0.1, -0.05) is 26.2 Å². The van der Waals surface area contributed by atoms with E-state index < -0.39 is 0 Å². The fourth-order valence-corrected chi connectivity index (χ4v) is 2.52. The number of pyridine rings is 1. The highest BCUT2D eigenvalue weighted by atomic mass is 15.2. The Morgan fingerprint density at radius 2 is 2.12 bits per heavy atom. The van der Waals surface area contributed by atoms with Crippen molar-refractivity contribution in [2.75, 3.05) is 17.3 Å². The minimum Gasteiger partial charge on any atom is -0.384 e. The Morgan fingerprint density at radius 1 is 1.35 bits per heavy atom. The summed E-state index contributed by atoms with van der Waals surface area (Å²) in [6.07, 6.45) is 8.54. The smallest absolute Gasteiger partial charge is 0.141 e. The molecule has 4 nitrogen and oxygen atoms in total. The average Bonchev–Trinajstić information content (AvgIpc) is 2.38. The fraction of sp³-hybridized carbons (Fsp3) is 0.615. The summed E-state index contributed by atoms with van der Waals surface area (Å²) in [5.41, 5.74) is 4.09. The van der Waals surface area contributed by atoms with Crippen LogP contribution < -0.4 is 16.6 Å². The molecule has 0 unspecified atom stereocenters. The molecule has 94 valence electrons. The van der Waals surface area contributed by atoms with Crippen LogP contribution in [-0.4, -0.2) is 11.5 Å². The third-order valence-electron chi connectivity index (χ3n) is 3.69. The number of nitrogens with one attached hydrogen (secondary N) is 2. The minimum atomic E-state index is 0.442. The summed E-state index contributed by atoms with van der Waals surface area (Å²) in [4.78, 5) is 4.09. The number of aromatic nitrogens is 1. The highest BCUT2D eigenvalue weighted by Crippen LogP contribution is 2.35. The summed E-state index contributed by atoms with van der Waals surface area (Å²) < 4.78 is 0. The van der Waals surface area contributed by atoms with Gasteiger partial charge in [-0.3, -0.25) is 0 Å². The number of rotatable bonds is 4. The minimum absolute atomic E-state index is 0.442. The zero-order valence-corrected chi connectivity index (χ0v) is 10.5. The van der Waals surface area contributed by atoms with Gasteiger partial charge in [0.25, 0.3) is 0 Å². The number of nitrogens with two attached hydrogens (primary N) is 1. The zero-order chi connectivity index (χ0) is 12.1. The van der Waals surface area contributed by atoms with Crippen LogP contribution in [0.25, 0.3) is 0 Å². The van der Waals surface area contributed by atoms with Crippen molar-refractivity contribution in [3.63, 3.8) is 0 Å².